The lowest BCUT2D eigenvalue weighted by Crippen LogP contribution is -2.40. The van der Waals surface area contributed by atoms with Crippen molar-refractivity contribution >= 4 is 34.4 Å². The minimum atomic E-state index is -0.0698. The van der Waals surface area contributed by atoms with Crippen molar-refractivity contribution in [2.45, 2.75) is 20.0 Å². The molecule has 30 heavy (non-hydrogen) atoms. The van der Waals surface area contributed by atoms with Crippen LogP contribution in [0.4, 0.5) is 5.82 Å². The number of aromatic nitrogens is 4. The molecule has 0 amide bonds. The topological polar surface area (TPSA) is 101 Å². The van der Waals surface area contributed by atoms with E-state index in [1.165, 1.54) is 6.33 Å². The molecule has 2 aromatic heterocycles. The summed E-state index contributed by atoms with van der Waals surface area (Å²) in [5.74, 6) is 2.28. The minimum Gasteiger partial charge on any atom is -0.489 e. The first kappa shape index (κ1) is 21.6. The number of benzene rings is 1. The highest BCUT2D eigenvalue weighted by Crippen LogP contribution is 2.17. The smallest absolute Gasteiger partial charge is 0.191 e. The van der Waals surface area contributed by atoms with Gasteiger partial charge in [0.05, 0.1) is 18.1 Å². The maximum atomic E-state index is 5.90. The molecule has 3 rings (SSSR count). The van der Waals surface area contributed by atoms with Crippen LogP contribution in [0.3, 0.4) is 0 Å². The predicted molar refractivity (Wildman–Crippen MR) is 120 cm³/mol. The molecule has 1 aromatic carbocycles. The lowest BCUT2D eigenvalue weighted by molar-refractivity contribution is 0.230. The van der Waals surface area contributed by atoms with Crippen LogP contribution in [0.1, 0.15) is 13.8 Å². The van der Waals surface area contributed by atoms with E-state index in [2.05, 4.69) is 36.0 Å². The molecule has 0 aliphatic heterocycles. The van der Waals surface area contributed by atoms with Crippen LogP contribution in [0.5, 0.6) is 5.75 Å². The molecule has 3 aromatic rings. The molecule has 0 radical (unpaired) electrons. The number of halogens is 1. The Hall–Kier alpha value is -3.07. The van der Waals surface area contributed by atoms with Crippen LogP contribution in [0.2, 0.25) is 5.02 Å². The number of fused-ring (bicyclic) bond motifs is 1. The molecule has 1 unspecified atom stereocenters. The third kappa shape index (κ3) is 5.96. The Morgan fingerprint density at radius 1 is 1.20 bits per heavy atom. The normalized spacial score (nSPS) is 12.6. The highest BCUT2D eigenvalue weighted by Gasteiger charge is 2.08. The Balaban J connectivity index is 1.47. The summed E-state index contributed by atoms with van der Waals surface area (Å²) in [6.07, 6.45) is 3.23. The molecule has 0 saturated heterocycles. The molecular formula is C20H27ClN8O. The van der Waals surface area contributed by atoms with Crippen molar-refractivity contribution in [2.24, 2.45) is 12.0 Å². The second-order valence-electron chi connectivity index (χ2n) is 6.68. The molecule has 0 aliphatic carbocycles. The molecule has 0 saturated carbocycles. The van der Waals surface area contributed by atoms with Gasteiger partial charge in [-0.15, -0.1) is 0 Å². The SMILES string of the molecule is CCNC(=NCC(C)Oc1ccc(Cl)cc1)NCCNc1ncnc2c1cnn2C. The quantitative estimate of drug-likeness (QED) is 0.272. The molecular weight excluding hydrogens is 404 g/mol. The number of rotatable bonds is 9. The van der Waals surface area contributed by atoms with Crippen LogP contribution in [-0.4, -0.2) is 58.0 Å². The number of hydrogen-bond donors (Lipinski definition) is 3. The molecule has 1 atom stereocenters. The average Bonchev–Trinajstić information content (AvgIpc) is 3.12. The number of nitrogens with one attached hydrogen (secondary N) is 3. The van der Waals surface area contributed by atoms with Crippen LogP contribution < -0.4 is 20.7 Å². The van der Waals surface area contributed by atoms with E-state index in [1.807, 2.05) is 45.2 Å². The number of aryl methyl sites for hydroxylation is 1. The fraction of sp³-hybridized carbons (Fsp3) is 0.400. The van der Waals surface area contributed by atoms with Gasteiger partial charge in [-0.05, 0) is 38.1 Å². The number of aliphatic imine (C=N–C) groups is 1. The molecule has 0 aliphatic rings. The zero-order valence-corrected chi connectivity index (χ0v) is 18.1. The molecule has 0 fully saturated rings. The third-order valence-electron chi connectivity index (χ3n) is 4.24. The van der Waals surface area contributed by atoms with Gasteiger partial charge in [-0.25, -0.2) is 15.0 Å². The average molecular weight is 431 g/mol. The van der Waals surface area contributed by atoms with Crippen molar-refractivity contribution in [3.63, 3.8) is 0 Å². The number of guanidine groups is 1. The molecule has 160 valence electrons. The van der Waals surface area contributed by atoms with Crippen LogP contribution in [0, 0.1) is 0 Å². The second kappa shape index (κ2) is 10.6. The number of hydrogen-bond acceptors (Lipinski definition) is 6. The first-order valence-electron chi connectivity index (χ1n) is 9.87. The van der Waals surface area contributed by atoms with E-state index < -0.39 is 0 Å². The minimum absolute atomic E-state index is 0.0698. The van der Waals surface area contributed by atoms with Crippen molar-refractivity contribution in [1.29, 1.82) is 0 Å². The first-order valence-corrected chi connectivity index (χ1v) is 10.3. The van der Waals surface area contributed by atoms with Crippen molar-refractivity contribution in [3.8, 4) is 5.75 Å². The molecule has 3 N–H and O–H groups in total. The standard InChI is InChI=1S/C20H27ClN8O/c1-4-22-20(25-11-14(2)30-16-7-5-15(21)6-8-16)24-10-9-23-18-17-12-28-29(3)19(17)27-13-26-18/h5-8,12-14H,4,9-11H2,1-3H3,(H2,22,24,25)(H,23,26,27). The van der Waals surface area contributed by atoms with Crippen molar-refractivity contribution < 1.29 is 4.74 Å². The van der Waals surface area contributed by atoms with Crippen molar-refractivity contribution in [3.05, 3.63) is 41.8 Å². The lowest BCUT2D eigenvalue weighted by Gasteiger charge is -2.15. The van der Waals surface area contributed by atoms with Gasteiger partial charge in [0.1, 0.15) is 24.0 Å². The van der Waals surface area contributed by atoms with Gasteiger partial charge in [0.25, 0.3) is 0 Å². The Bertz CT molecular complexity index is 973. The Kier molecular flexibility index (Phi) is 7.67. The highest BCUT2D eigenvalue weighted by molar-refractivity contribution is 6.30. The Labute approximate surface area is 180 Å². The first-order chi connectivity index (χ1) is 14.6. The Morgan fingerprint density at radius 2 is 2.00 bits per heavy atom. The highest BCUT2D eigenvalue weighted by atomic mass is 35.5. The summed E-state index contributed by atoms with van der Waals surface area (Å²) >= 11 is 5.90. The maximum absolute atomic E-state index is 5.90. The number of ether oxygens (including phenoxy) is 1. The van der Waals surface area contributed by atoms with Crippen LogP contribution in [0.25, 0.3) is 11.0 Å². The summed E-state index contributed by atoms with van der Waals surface area (Å²) < 4.78 is 7.59. The van der Waals surface area contributed by atoms with Gasteiger partial charge in [-0.3, -0.25) is 4.68 Å². The van der Waals surface area contributed by atoms with E-state index in [4.69, 9.17) is 16.3 Å². The van der Waals surface area contributed by atoms with E-state index in [9.17, 15) is 0 Å². The Morgan fingerprint density at radius 3 is 2.77 bits per heavy atom. The molecule has 2 heterocycles. The van der Waals surface area contributed by atoms with E-state index in [0.717, 1.165) is 35.1 Å². The summed E-state index contributed by atoms with van der Waals surface area (Å²) in [6.45, 7) is 6.65. The summed E-state index contributed by atoms with van der Waals surface area (Å²) in [5.41, 5.74) is 0.796. The van der Waals surface area contributed by atoms with Gasteiger partial charge in [0, 0.05) is 31.7 Å². The summed E-state index contributed by atoms with van der Waals surface area (Å²) in [5, 5.41) is 15.7. The number of anilines is 1. The second-order valence-corrected chi connectivity index (χ2v) is 7.12. The van der Waals surface area contributed by atoms with Gasteiger partial charge in [0.2, 0.25) is 0 Å². The van der Waals surface area contributed by atoms with Crippen LogP contribution in [0.15, 0.2) is 41.8 Å². The van der Waals surface area contributed by atoms with E-state index in [1.54, 1.807) is 10.9 Å². The van der Waals surface area contributed by atoms with Crippen LogP contribution in [-0.2, 0) is 7.05 Å². The molecule has 0 spiro atoms. The lowest BCUT2D eigenvalue weighted by atomic mass is 10.3. The van der Waals surface area contributed by atoms with E-state index >= 15 is 0 Å². The summed E-state index contributed by atoms with van der Waals surface area (Å²) in [6, 6.07) is 7.32. The fourth-order valence-electron chi connectivity index (χ4n) is 2.81. The number of nitrogens with zero attached hydrogens (tertiary/aromatic N) is 5. The van der Waals surface area contributed by atoms with Crippen LogP contribution >= 0.6 is 11.6 Å². The van der Waals surface area contributed by atoms with E-state index in [0.29, 0.717) is 24.7 Å². The largest absolute Gasteiger partial charge is 0.489 e. The van der Waals surface area contributed by atoms with Gasteiger partial charge >= 0.3 is 0 Å². The van der Waals surface area contributed by atoms with Gasteiger partial charge < -0.3 is 20.7 Å². The van der Waals surface area contributed by atoms with Gasteiger partial charge in [0.15, 0.2) is 11.6 Å². The van der Waals surface area contributed by atoms with E-state index in [-0.39, 0.29) is 6.10 Å². The zero-order chi connectivity index (χ0) is 21.3. The predicted octanol–water partition coefficient (Wildman–Crippen LogP) is 2.45. The molecule has 9 nitrogen and oxygen atoms in total. The third-order valence-corrected chi connectivity index (χ3v) is 4.49. The summed E-state index contributed by atoms with van der Waals surface area (Å²) in [4.78, 5) is 13.1. The van der Waals surface area contributed by atoms with Crippen molar-refractivity contribution in [1.82, 2.24) is 30.4 Å². The van der Waals surface area contributed by atoms with Gasteiger partial charge in [-0.2, -0.15) is 5.10 Å². The summed E-state index contributed by atoms with van der Waals surface area (Å²) in [7, 11) is 1.86. The van der Waals surface area contributed by atoms with Crippen molar-refractivity contribution in [2.75, 3.05) is 31.5 Å². The molecule has 10 heteroatoms. The maximum Gasteiger partial charge on any atom is 0.191 e. The van der Waals surface area contributed by atoms with Gasteiger partial charge in [-0.1, -0.05) is 11.6 Å². The zero-order valence-electron chi connectivity index (χ0n) is 17.4. The monoisotopic (exact) mass is 430 g/mol. The fourth-order valence-corrected chi connectivity index (χ4v) is 2.94. The molecule has 0 bridgehead atoms.